The van der Waals surface area contributed by atoms with Crippen molar-refractivity contribution in [1.82, 2.24) is 10.6 Å². The van der Waals surface area contributed by atoms with Crippen molar-refractivity contribution in [3.63, 3.8) is 0 Å². The molecule has 0 radical (unpaired) electrons. The van der Waals surface area contributed by atoms with Crippen LogP contribution in [0.4, 0.5) is 4.79 Å². The lowest BCUT2D eigenvalue weighted by Gasteiger charge is -2.19. The molecule has 1 saturated carbocycles. The van der Waals surface area contributed by atoms with Gasteiger partial charge in [0.1, 0.15) is 5.60 Å². The molecule has 0 spiro atoms. The quantitative estimate of drug-likeness (QED) is 0.703. The number of rotatable bonds is 6. The van der Waals surface area contributed by atoms with Crippen molar-refractivity contribution in [1.29, 1.82) is 0 Å². The molecule has 17 heavy (non-hydrogen) atoms. The van der Waals surface area contributed by atoms with Crippen LogP contribution in [0.1, 0.15) is 47.0 Å². The van der Waals surface area contributed by atoms with Crippen LogP contribution in [0.2, 0.25) is 0 Å². The number of carbonyl (C=O) groups is 1. The zero-order valence-corrected chi connectivity index (χ0v) is 11.6. The van der Waals surface area contributed by atoms with Crippen LogP contribution in [0.15, 0.2) is 0 Å². The lowest BCUT2D eigenvalue weighted by Crippen LogP contribution is -2.34. The number of carbonyl (C=O) groups excluding carboxylic acids is 1. The van der Waals surface area contributed by atoms with E-state index in [-0.39, 0.29) is 6.09 Å². The van der Waals surface area contributed by atoms with Crippen LogP contribution >= 0.6 is 0 Å². The normalized spacial score (nSPS) is 17.6. The highest BCUT2D eigenvalue weighted by Crippen LogP contribution is 2.43. The van der Waals surface area contributed by atoms with Crippen molar-refractivity contribution in [2.24, 2.45) is 5.41 Å². The number of hydrogen-bond donors (Lipinski definition) is 2. The van der Waals surface area contributed by atoms with Gasteiger partial charge in [-0.2, -0.15) is 0 Å². The first-order valence-corrected chi connectivity index (χ1v) is 6.48. The monoisotopic (exact) mass is 242 g/mol. The van der Waals surface area contributed by atoms with Crippen molar-refractivity contribution in [2.75, 3.05) is 19.6 Å². The lowest BCUT2D eigenvalue weighted by atomic mass is 10.1. The molecule has 0 heterocycles. The average molecular weight is 242 g/mol. The van der Waals surface area contributed by atoms with Gasteiger partial charge in [0, 0.05) is 13.1 Å². The third-order valence-electron chi connectivity index (χ3n) is 2.85. The Morgan fingerprint density at radius 2 is 1.94 bits per heavy atom. The van der Waals surface area contributed by atoms with E-state index in [0.29, 0.717) is 12.0 Å². The molecular formula is C13H26N2O2. The molecule has 0 aromatic carbocycles. The minimum atomic E-state index is -0.414. The maximum atomic E-state index is 11.3. The molecule has 0 unspecified atom stereocenters. The first-order valence-electron chi connectivity index (χ1n) is 6.48. The largest absolute Gasteiger partial charge is 0.444 e. The van der Waals surface area contributed by atoms with Gasteiger partial charge in [0.25, 0.3) is 0 Å². The molecule has 2 N–H and O–H groups in total. The van der Waals surface area contributed by atoms with E-state index in [2.05, 4.69) is 17.6 Å². The number of alkyl carbamates (subject to hydrolysis) is 1. The Labute approximate surface area is 104 Å². The molecule has 4 nitrogen and oxygen atoms in total. The van der Waals surface area contributed by atoms with E-state index in [9.17, 15) is 4.79 Å². The van der Waals surface area contributed by atoms with Crippen LogP contribution in [0, 0.1) is 5.41 Å². The van der Waals surface area contributed by atoms with Crippen molar-refractivity contribution in [3.05, 3.63) is 0 Å². The summed E-state index contributed by atoms with van der Waals surface area (Å²) < 4.78 is 5.14. The van der Waals surface area contributed by atoms with Crippen molar-refractivity contribution < 1.29 is 9.53 Å². The second-order valence-electron chi connectivity index (χ2n) is 6.27. The predicted molar refractivity (Wildman–Crippen MR) is 69.1 cm³/mol. The maximum absolute atomic E-state index is 11.3. The molecule has 1 aliphatic rings. The van der Waals surface area contributed by atoms with Gasteiger partial charge >= 0.3 is 6.09 Å². The second kappa shape index (κ2) is 5.71. The molecule has 1 fully saturated rings. The van der Waals surface area contributed by atoms with Gasteiger partial charge in [0.15, 0.2) is 0 Å². The number of nitrogens with one attached hydrogen (secondary N) is 2. The Bertz CT molecular complexity index is 255. The first-order chi connectivity index (χ1) is 7.81. The van der Waals surface area contributed by atoms with Crippen LogP contribution in [0.3, 0.4) is 0 Å². The summed E-state index contributed by atoms with van der Waals surface area (Å²) in [6, 6.07) is 0. The highest BCUT2D eigenvalue weighted by molar-refractivity contribution is 5.67. The van der Waals surface area contributed by atoms with Crippen LogP contribution < -0.4 is 10.6 Å². The van der Waals surface area contributed by atoms with Gasteiger partial charge in [-0.3, -0.25) is 0 Å². The molecule has 100 valence electrons. The Hall–Kier alpha value is -0.770. The van der Waals surface area contributed by atoms with Gasteiger partial charge in [-0.1, -0.05) is 6.92 Å². The van der Waals surface area contributed by atoms with Crippen LogP contribution in [-0.4, -0.2) is 31.3 Å². The molecule has 1 amide bonds. The molecule has 0 atom stereocenters. The summed E-state index contributed by atoms with van der Waals surface area (Å²) in [6.07, 6.45) is 3.30. The molecule has 1 rings (SSSR count). The van der Waals surface area contributed by atoms with Crippen molar-refractivity contribution in [3.8, 4) is 0 Å². The minimum absolute atomic E-state index is 0.327. The fourth-order valence-corrected chi connectivity index (χ4v) is 1.50. The zero-order chi connectivity index (χ0) is 12.9. The van der Waals surface area contributed by atoms with Gasteiger partial charge in [0.2, 0.25) is 0 Å². The average Bonchev–Trinajstić information content (AvgIpc) is 2.87. The van der Waals surface area contributed by atoms with Crippen LogP contribution in [0.25, 0.3) is 0 Å². The summed E-state index contributed by atoms with van der Waals surface area (Å²) in [7, 11) is 0. The molecule has 0 aromatic heterocycles. The van der Waals surface area contributed by atoms with Crippen molar-refractivity contribution >= 4 is 6.09 Å². The Morgan fingerprint density at radius 3 is 2.47 bits per heavy atom. The van der Waals surface area contributed by atoms with Gasteiger partial charge < -0.3 is 15.4 Å². The Morgan fingerprint density at radius 1 is 1.29 bits per heavy atom. The van der Waals surface area contributed by atoms with Gasteiger partial charge in [-0.25, -0.2) is 4.79 Å². The summed E-state index contributed by atoms with van der Waals surface area (Å²) in [5.74, 6) is 0. The SMILES string of the molecule is CC1(CNCCCNC(=O)OC(C)(C)C)CC1. The standard InChI is InChI=1S/C13H26N2O2/c1-12(2,3)17-11(16)15-9-5-8-14-10-13(4)6-7-13/h14H,5-10H2,1-4H3,(H,15,16). The molecule has 1 aliphatic carbocycles. The summed E-state index contributed by atoms with van der Waals surface area (Å²) in [5, 5.41) is 6.17. The third-order valence-corrected chi connectivity index (χ3v) is 2.85. The molecule has 0 aromatic rings. The second-order valence-corrected chi connectivity index (χ2v) is 6.27. The summed E-state index contributed by atoms with van der Waals surface area (Å²) in [6.45, 7) is 10.6. The van der Waals surface area contributed by atoms with E-state index in [0.717, 1.165) is 19.5 Å². The number of hydrogen-bond acceptors (Lipinski definition) is 3. The smallest absolute Gasteiger partial charge is 0.407 e. The van der Waals surface area contributed by atoms with Gasteiger partial charge in [-0.05, 0) is 52.0 Å². The van der Waals surface area contributed by atoms with Crippen LogP contribution in [0.5, 0.6) is 0 Å². The molecule has 0 bridgehead atoms. The number of amides is 1. The van der Waals surface area contributed by atoms with Crippen molar-refractivity contribution in [2.45, 2.75) is 52.6 Å². The number of ether oxygens (including phenoxy) is 1. The van der Waals surface area contributed by atoms with E-state index in [1.165, 1.54) is 12.8 Å². The zero-order valence-electron chi connectivity index (χ0n) is 11.6. The van der Waals surface area contributed by atoms with Crippen LogP contribution in [-0.2, 0) is 4.74 Å². The first kappa shape index (κ1) is 14.3. The Balaban J connectivity index is 1.91. The van der Waals surface area contributed by atoms with E-state index in [4.69, 9.17) is 4.74 Å². The summed E-state index contributed by atoms with van der Waals surface area (Å²) in [4.78, 5) is 11.3. The van der Waals surface area contributed by atoms with E-state index in [1.807, 2.05) is 20.8 Å². The minimum Gasteiger partial charge on any atom is -0.444 e. The van der Waals surface area contributed by atoms with Gasteiger partial charge in [0.05, 0.1) is 0 Å². The Kier molecular flexibility index (Phi) is 4.80. The highest BCUT2D eigenvalue weighted by Gasteiger charge is 2.36. The fourth-order valence-electron chi connectivity index (χ4n) is 1.50. The maximum Gasteiger partial charge on any atom is 0.407 e. The topological polar surface area (TPSA) is 50.4 Å². The summed E-state index contributed by atoms with van der Waals surface area (Å²) in [5.41, 5.74) is 0.140. The lowest BCUT2D eigenvalue weighted by molar-refractivity contribution is 0.0527. The van der Waals surface area contributed by atoms with E-state index < -0.39 is 5.60 Å². The van der Waals surface area contributed by atoms with Gasteiger partial charge in [-0.15, -0.1) is 0 Å². The predicted octanol–water partition coefficient (Wildman–Crippen LogP) is 2.29. The molecule has 0 saturated heterocycles. The molecular weight excluding hydrogens is 216 g/mol. The summed E-state index contributed by atoms with van der Waals surface area (Å²) >= 11 is 0. The highest BCUT2D eigenvalue weighted by atomic mass is 16.6. The molecule has 0 aliphatic heterocycles. The molecule has 4 heteroatoms. The third kappa shape index (κ3) is 7.21. The fraction of sp³-hybridized carbons (Fsp3) is 0.923. The van der Waals surface area contributed by atoms with E-state index in [1.54, 1.807) is 0 Å². The van der Waals surface area contributed by atoms with E-state index >= 15 is 0 Å².